The van der Waals surface area contributed by atoms with Crippen LogP contribution in [0.3, 0.4) is 0 Å². The molecule has 5 nitrogen and oxygen atoms in total. The van der Waals surface area contributed by atoms with Crippen molar-refractivity contribution in [2.45, 2.75) is 31.6 Å². The lowest BCUT2D eigenvalue weighted by molar-refractivity contribution is -0.144. The molecule has 1 saturated carbocycles. The fourth-order valence-corrected chi connectivity index (χ4v) is 2.49. The Morgan fingerprint density at radius 3 is 2.76 bits per heavy atom. The number of nitrogens with zero attached hydrogens (tertiary/aromatic N) is 2. The number of aromatic amines is 1. The van der Waals surface area contributed by atoms with Crippen molar-refractivity contribution in [2.75, 3.05) is 6.61 Å². The molecule has 3 rings (SSSR count). The third kappa shape index (κ3) is 3.15. The molecule has 1 heterocycles. The molecule has 1 fully saturated rings. The fourth-order valence-electron chi connectivity index (χ4n) is 2.23. The van der Waals surface area contributed by atoms with Crippen molar-refractivity contribution in [1.82, 2.24) is 15.2 Å². The van der Waals surface area contributed by atoms with E-state index < -0.39 is 5.92 Å². The molecule has 0 aliphatic heterocycles. The molecule has 0 spiro atoms. The van der Waals surface area contributed by atoms with Gasteiger partial charge in [-0.15, -0.1) is 0 Å². The summed E-state index contributed by atoms with van der Waals surface area (Å²) < 4.78 is 6.14. The minimum absolute atomic E-state index is 0.318. The summed E-state index contributed by atoms with van der Waals surface area (Å²) in [6.07, 6.45) is 2.27. The molecule has 1 aromatic carbocycles. The zero-order valence-electron chi connectivity index (χ0n) is 11.7. The Morgan fingerprint density at radius 2 is 2.14 bits per heavy atom. The number of H-pyrrole nitrogens is 1. The molecule has 2 aromatic rings. The van der Waals surface area contributed by atoms with Gasteiger partial charge in [0.05, 0.1) is 6.61 Å². The second-order valence-electron chi connectivity index (χ2n) is 5.09. The van der Waals surface area contributed by atoms with E-state index >= 15 is 0 Å². The van der Waals surface area contributed by atoms with Crippen LogP contribution in [0.5, 0.6) is 0 Å². The zero-order chi connectivity index (χ0) is 14.8. The smallest absolute Gasteiger partial charge is 0.321 e. The van der Waals surface area contributed by atoms with E-state index in [0.29, 0.717) is 18.3 Å². The van der Waals surface area contributed by atoms with Crippen molar-refractivity contribution in [2.24, 2.45) is 0 Å². The van der Waals surface area contributed by atoms with Gasteiger partial charge in [-0.3, -0.25) is 9.89 Å². The van der Waals surface area contributed by atoms with E-state index in [1.165, 1.54) is 0 Å². The second kappa shape index (κ2) is 5.97. The molecule has 110 valence electrons. The van der Waals surface area contributed by atoms with Crippen LogP contribution in [-0.4, -0.2) is 27.8 Å². The lowest BCUT2D eigenvalue weighted by Gasteiger charge is -2.12. The lowest BCUT2D eigenvalue weighted by Crippen LogP contribution is -2.18. The Morgan fingerprint density at radius 1 is 1.43 bits per heavy atom. The van der Waals surface area contributed by atoms with Gasteiger partial charge >= 0.3 is 5.97 Å². The third-order valence-corrected chi connectivity index (χ3v) is 4.00. The SMILES string of the molecule is CCOC(=O)C(c1ccc(Br)cc1)c1n[nH]c(C2CC2)n1. The highest BCUT2D eigenvalue weighted by atomic mass is 79.9. The Labute approximate surface area is 131 Å². The standard InChI is InChI=1S/C15H16BrN3O2/c1-2-21-15(20)12(9-5-7-11(16)8-6-9)14-17-13(18-19-14)10-3-4-10/h5-8,10,12H,2-4H2,1H3,(H,17,18,19). The summed E-state index contributed by atoms with van der Waals surface area (Å²) in [7, 11) is 0. The Bertz CT molecular complexity index is 635. The maximum atomic E-state index is 12.3. The van der Waals surface area contributed by atoms with Gasteiger partial charge in [-0.05, 0) is 37.5 Å². The number of esters is 1. The molecular formula is C15H16BrN3O2. The van der Waals surface area contributed by atoms with Crippen LogP contribution in [-0.2, 0) is 9.53 Å². The predicted molar refractivity (Wildman–Crippen MR) is 81.0 cm³/mol. The summed E-state index contributed by atoms with van der Waals surface area (Å²) in [5.74, 6) is 0.927. The van der Waals surface area contributed by atoms with E-state index in [9.17, 15) is 4.79 Å². The maximum absolute atomic E-state index is 12.3. The van der Waals surface area contributed by atoms with E-state index in [0.717, 1.165) is 28.7 Å². The van der Waals surface area contributed by atoms with Crippen LogP contribution in [0.2, 0.25) is 0 Å². The first-order valence-electron chi connectivity index (χ1n) is 7.03. The number of hydrogen-bond acceptors (Lipinski definition) is 4. The highest BCUT2D eigenvalue weighted by molar-refractivity contribution is 9.10. The molecule has 1 N–H and O–H groups in total. The number of rotatable bonds is 5. The third-order valence-electron chi connectivity index (χ3n) is 3.47. The van der Waals surface area contributed by atoms with Crippen LogP contribution >= 0.6 is 15.9 Å². The summed E-state index contributed by atoms with van der Waals surface area (Å²) in [5, 5.41) is 7.18. The van der Waals surface area contributed by atoms with Crippen LogP contribution < -0.4 is 0 Å². The molecule has 21 heavy (non-hydrogen) atoms. The minimum atomic E-state index is -0.582. The number of hydrogen-bond donors (Lipinski definition) is 1. The fraction of sp³-hybridized carbons (Fsp3) is 0.400. The van der Waals surface area contributed by atoms with Crippen molar-refractivity contribution in [3.05, 3.63) is 46.0 Å². The van der Waals surface area contributed by atoms with E-state index in [2.05, 4.69) is 31.1 Å². The molecule has 1 aliphatic rings. The van der Waals surface area contributed by atoms with Crippen LogP contribution in [0, 0.1) is 0 Å². The first-order valence-corrected chi connectivity index (χ1v) is 7.82. The molecule has 1 atom stereocenters. The number of carbonyl (C=O) groups is 1. The normalized spacial score (nSPS) is 15.7. The quantitative estimate of drug-likeness (QED) is 0.842. The Balaban J connectivity index is 1.93. The van der Waals surface area contributed by atoms with Crippen molar-refractivity contribution >= 4 is 21.9 Å². The van der Waals surface area contributed by atoms with Crippen LogP contribution in [0.25, 0.3) is 0 Å². The van der Waals surface area contributed by atoms with Gasteiger partial charge in [0.2, 0.25) is 0 Å². The molecule has 0 saturated heterocycles. The van der Waals surface area contributed by atoms with E-state index in [4.69, 9.17) is 4.74 Å². The average Bonchev–Trinajstić information content (AvgIpc) is 3.21. The van der Waals surface area contributed by atoms with Crippen molar-refractivity contribution in [3.63, 3.8) is 0 Å². The summed E-state index contributed by atoms with van der Waals surface area (Å²) in [6.45, 7) is 2.13. The van der Waals surface area contributed by atoms with Gasteiger partial charge in [0.1, 0.15) is 11.7 Å². The second-order valence-corrected chi connectivity index (χ2v) is 6.01. The van der Waals surface area contributed by atoms with Crippen molar-refractivity contribution < 1.29 is 9.53 Å². The maximum Gasteiger partial charge on any atom is 0.321 e. The minimum Gasteiger partial charge on any atom is -0.465 e. The Hall–Kier alpha value is -1.69. The lowest BCUT2D eigenvalue weighted by atomic mass is 9.98. The molecule has 0 amide bonds. The van der Waals surface area contributed by atoms with Crippen LogP contribution in [0.1, 0.15) is 48.8 Å². The number of benzene rings is 1. The molecule has 0 bridgehead atoms. The summed E-state index contributed by atoms with van der Waals surface area (Å²) in [5.41, 5.74) is 0.831. The van der Waals surface area contributed by atoms with E-state index in [-0.39, 0.29) is 5.97 Å². The van der Waals surface area contributed by atoms with Gasteiger partial charge in [0.15, 0.2) is 5.82 Å². The molecule has 0 radical (unpaired) electrons. The first kappa shape index (κ1) is 14.3. The van der Waals surface area contributed by atoms with E-state index in [1.807, 2.05) is 24.3 Å². The number of halogens is 1. The van der Waals surface area contributed by atoms with Gasteiger partial charge in [-0.1, -0.05) is 28.1 Å². The summed E-state index contributed by atoms with van der Waals surface area (Å²) in [4.78, 5) is 16.8. The molecule has 6 heteroatoms. The number of aromatic nitrogens is 3. The number of ether oxygens (including phenoxy) is 1. The largest absolute Gasteiger partial charge is 0.465 e. The molecule has 1 unspecified atom stereocenters. The summed E-state index contributed by atoms with van der Waals surface area (Å²) in [6, 6.07) is 7.57. The number of carbonyl (C=O) groups excluding carboxylic acids is 1. The van der Waals surface area contributed by atoms with Gasteiger partial charge in [-0.2, -0.15) is 5.10 Å². The molecular weight excluding hydrogens is 334 g/mol. The topological polar surface area (TPSA) is 67.9 Å². The highest BCUT2D eigenvalue weighted by Gasteiger charge is 2.32. The number of nitrogens with one attached hydrogen (secondary N) is 1. The van der Waals surface area contributed by atoms with Gasteiger partial charge in [0.25, 0.3) is 0 Å². The first-order chi connectivity index (χ1) is 10.2. The van der Waals surface area contributed by atoms with Gasteiger partial charge < -0.3 is 4.74 Å². The van der Waals surface area contributed by atoms with Crippen LogP contribution in [0.4, 0.5) is 0 Å². The monoisotopic (exact) mass is 349 g/mol. The zero-order valence-corrected chi connectivity index (χ0v) is 13.3. The van der Waals surface area contributed by atoms with Crippen molar-refractivity contribution in [3.8, 4) is 0 Å². The molecule has 1 aromatic heterocycles. The summed E-state index contributed by atoms with van der Waals surface area (Å²) >= 11 is 3.40. The van der Waals surface area contributed by atoms with Crippen LogP contribution in [0.15, 0.2) is 28.7 Å². The van der Waals surface area contributed by atoms with E-state index in [1.54, 1.807) is 6.92 Å². The molecule has 1 aliphatic carbocycles. The van der Waals surface area contributed by atoms with Crippen molar-refractivity contribution in [1.29, 1.82) is 0 Å². The van der Waals surface area contributed by atoms with Gasteiger partial charge in [0, 0.05) is 10.4 Å². The highest BCUT2D eigenvalue weighted by Crippen LogP contribution is 2.38. The predicted octanol–water partition coefficient (Wildman–Crippen LogP) is 3.14. The van der Waals surface area contributed by atoms with Gasteiger partial charge in [-0.25, -0.2) is 4.98 Å². The Kier molecular flexibility index (Phi) is 4.05. The average molecular weight is 350 g/mol.